The predicted molar refractivity (Wildman–Crippen MR) is 117 cm³/mol. The average molecular weight is 424 g/mol. The van der Waals surface area contributed by atoms with Gasteiger partial charge < -0.3 is 9.30 Å². The van der Waals surface area contributed by atoms with Crippen LogP contribution in [0.4, 0.5) is 0 Å². The average Bonchev–Trinajstić information content (AvgIpc) is 3.14. The number of ether oxygens (including phenoxy) is 1. The minimum atomic E-state index is -0.392. The molecule has 29 heavy (non-hydrogen) atoms. The first-order valence-corrected chi connectivity index (χ1v) is 10.3. The Labute approximate surface area is 177 Å². The van der Waals surface area contributed by atoms with Crippen LogP contribution in [0.3, 0.4) is 0 Å². The number of methoxy groups -OCH3 is 1. The molecule has 0 fully saturated rings. The van der Waals surface area contributed by atoms with Gasteiger partial charge in [-0.25, -0.2) is 9.97 Å². The standard InChI is InChI=1S/C22H18ClN3O2S/c1-14(22(27)28-2)29-21-19-18(15-7-4-3-5-8-15)12-26(20(19)24-13-25-21)17-10-6-9-16(23)11-17/h3-14H,1-2H3/t14-/m1/s1. The zero-order chi connectivity index (χ0) is 20.4. The number of esters is 1. The van der Waals surface area contributed by atoms with Crippen LogP contribution in [0, 0.1) is 0 Å². The van der Waals surface area contributed by atoms with Crippen molar-refractivity contribution in [3.63, 3.8) is 0 Å². The van der Waals surface area contributed by atoms with Crippen LogP contribution in [0.1, 0.15) is 6.92 Å². The molecule has 0 aliphatic heterocycles. The number of hydrogen-bond acceptors (Lipinski definition) is 5. The molecular formula is C22H18ClN3O2S. The molecule has 4 aromatic rings. The summed E-state index contributed by atoms with van der Waals surface area (Å²) in [6, 6.07) is 17.7. The van der Waals surface area contributed by atoms with Gasteiger partial charge in [-0.3, -0.25) is 4.79 Å². The molecule has 4 rings (SSSR count). The van der Waals surface area contributed by atoms with Crippen LogP contribution < -0.4 is 0 Å². The fraction of sp³-hybridized carbons (Fsp3) is 0.136. The van der Waals surface area contributed by atoms with Crippen molar-refractivity contribution >= 4 is 40.4 Å². The second-order valence-electron chi connectivity index (χ2n) is 6.42. The molecule has 0 unspecified atom stereocenters. The number of thioether (sulfide) groups is 1. The van der Waals surface area contributed by atoms with Gasteiger partial charge in [0.25, 0.3) is 0 Å². The molecule has 0 aliphatic carbocycles. The predicted octanol–water partition coefficient (Wildman–Crippen LogP) is 5.39. The van der Waals surface area contributed by atoms with E-state index in [1.807, 2.05) is 65.4 Å². The van der Waals surface area contributed by atoms with Gasteiger partial charge in [-0.2, -0.15) is 0 Å². The molecule has 0 bridgehead atoms. The van der Waals surface area contributed by atoms with Gasteiger partial charge >= 0.3 is 5.97 Å². The fourth-order valence-corrected chi connectivity index (χ4v) is 4.30. The van der Waals surface area contributed by atoms with E-state index in [0.717, 1.165) is 32.9 Å². The molecule has 1 atom stereocenters. The third-order valence-electron chi connectivity index (χ3n) is 4.54. The number of carbonyl (C=O) groups is 1. The van der Waals surface area contributed by atoms with Crippen LogP contribution in [0.15, 0.2) is 72.1 Å². The van der Waals surface area contributed by atoms with Gasteiger partial charge in [-0.15, -0.1) is 0 Å². The van der Waals surface area contributed by atoms with Crippen molar-refractivity contribution in [3.8, 4) is 16.8 Å². The Morgan fingerprint density at radius 3 is 2.66 bits per heavy atom. The van der Waals surface area contributed by atoms with Crippen LogP contribution in [0.2, 0.25) is 5.02 Å². The molecule has 2 aromatic carbocycles. The van der Waals surface area contributed by atoms with E-state index in [-0.39, 0.29) is 5.97 Å². The summed E-state index contributed by atoms with van der Waals surface area (Å²) in [5.41, 5.74) is 3.68. The minimum absolute atomic E-state index is 0.294. The SMILES string of the molecule is COC(=O)[C@@H](C)Sc1ncnc2c1c(-c1ccccc1)cn2-c1cccc(Cl)c1. The van der Waals surface area contributed by atoms with E-state index < -0.39 is 5.25 Å². The molecule has 5 nitrogen and oxygen atoms in total. The molecule has 7 heteroatoms. The number of fused-ring (bicyclic) bond motifs is 1. The zero-order valence-electron chi connectivity index (χ0n) is 15.9. The van der Waals surface area contributed by atoms with E-state index in [1.165, 1.54) is 25.2 Å². The first-order chi connectivity index (χ1) is 14.1. The number of hydrogen-bond donors (Lipinski definition) is 0. The number of rotatable bonds is 5. The smallest absolute Gasteiger partial charge is 0.318 e. The van der Waals surface area contributed by atoms with E-state index in [2.05, 4.69) is 9.97 Å². The lowest BCUT2D eigenvalue weighted by Gasteiger charge is -2.10. The molecule has 146 valence electrons. The second-order valence-corrected chi connectivity index (χ2v) is 8.19. The van der Waals surface area contributed by atoms with Crippen LogP contribution in [0.25, 0.3) is 27.8 Å². The summed E-state index contributed by atoms with van der Waals surface area (Å²) in [7, 11) is 1.39. The Bertz CT molecular complexity index is 1180. The molecule has 0 radical (unpaired) electrons. The Kier molecular flexibility index (Phi) is 5.56. The van der Waals surface area contributed by atoms with Crippen molar-refractivity contribution in [2.24, 2.45) is 0 Å². The highest BCUT2D eigenvalue weighted by molar-refractivity contribution is 8.00. The van der Waals surface area contributed by atoms with Gasteiger partial charge in [0.1, 0.15) is 22.3 Å². The van der Waals surface area contributed by atoms with Gasteiger partial charge in [0, 0.05) is 22.5 Å². The summed E-state index contributed by atoms with van der Waals surface area (Å²) in [5.74, 6) is -0.294. The van der Waals surface area contributed by atoms with Crippen molar-refractivity contribution in [1.29, 1.82) is 0 Å². The summed E-state index contributed by atoms with van der Waals surface area (Å²) < 4.78 is 6.87. The number of carbonyl (C=O) groups excluding carboxylic acids is 1. The highest BCUT2D eigenvalue weighted by Gasteiger charge is 2.22. The van der Waals surface area contributed by atoms with Gasteiger partial charge in [-0.05, 0) is 30.7 Å². The molecular weight excluding hydrogens is 406 g/mol. The lowest BCUT2D eigenvalue weighted by Crippen LogP contribution is -2.14. The Hall–Kier alpha value is -2.83. The van der Waals surface area contributed by atoms with Crippen LogP contribution in [-0.2, 0) is 9.53 Å². The number of aromatic nitrogens is 3. The highest BCUT2D eigenvalue weighted by atomic mass is 35.5. The monoisotopic (exact) mass is 423 g/mol. The quantitative estimate of drug-likeness (QED) is 0.244. The third kappa shape index (κ3) is 3.86. The summed E-state index contributed by atoms with van der Waals surface area (Å²) in [6.45, 7) is 1.81. The molecule has 2 heterocycles. The third-order valence-corrected chi connectivity index (χ3v) is 5.85. The van der Waals surface area contributed by atoms with Gasteiger partial charge in [0.15, 0.2) is 0 Å². The van der Waals surface area contributed by atoms with Gasteiger partial charge in [0.05, 0.1) is 12.5 Å². The molecule has 2 aromatic heterocycles. The summed E-state index contributed by atoms with van der Waals surface area (Å²) >= 11 is 7.58. The maximum Gasteiger partial charge on any atom is 0.318 e. The normalized spacial score (nSPS) is 12.1. The maximum absolute atomic E-state index is 12.0. The van der Waals surface area contributed by atoms with Gasteiger partial charge in [-0.1, -0.05) is 59.8 Å². The first kappa shape index (κ1) is 19.5. The highest BCUT2D eigenvalue weighted by Crippen LogP contribution is 2.38. The van der Waals surface area contributed by atoms with E-state index in [9.17, 15) is 4.79 Å². The topological polar surface area (TPSA) is 57.0 Å². The Morgan fingerprint density at radius 1 is 1.14 bits per heavy atom. The first-order valence-electron chi connectivity index (χ1n) is 9.00. The fourth-order valence-electron chi connectivity index (χ4n) is 3.16. The van der Waals surface area contributed by atoms with E-state index in [1.54, 1.807) is 6.92 Å². The lowest BCUT2D eigenvalue weighted by molar-refractivity contribution is -0.139. The zero-order valence-corrected chi connectivity index (χ0v) is 17.4. The van der Waals surface area contributed by atoms with E-state index in [0.29, 0.717) is 5.02 Å². The van der Waals surface area contributed by atoms with Crippen molar-refractivity contribution < 1.29 is 9.53 Å². The second kappa shape index (κ2) is 8.27. The van der Waals surface area contributed by atoms with Crippen molar-refractivity contribution in [2.45, 2.75) is 17.2 Å². The summed E-state index contributed by atoms with van der Waals surface area (Å²) in [6.07, 6.45) is 3.55. The number of nitrogens with zero attached hydrogens (tertiary/aromatic N) is 3. The van der Waals surface area contributed by atoms with Crippen LogP contribution in [-0.4, -0.2) is 32.9 Å². The van der Waals surface area contributed by atoms with E-state index >= 15 is 0 Å². The largest absolute Gasteiger partial charge is 0.468 e. The van der Waals surface area contributed by atoms with E-state index in [4.69, 9.17) is 16.3 Å². The molecule has 0 saturated carbocycles. The molecule has 0 spiro atoms. The lowest BCUT2D eigenvalue weighted by atomic mass is 10.1. The molecule has 0 N–H and O–H groups in total. The molecule has 0 aliphatic rings. The molecule has 0 saturated heterocycles. The summed E-state index contributed by atoms with van der Waals surface area (Å²) in [4.78, 5) is 21.0. The summed E-state index contributed by atoms with van der Waals surface area (Å²) in [5, 5.41) is 1.87. The van der Waals surface area contributed by atoms with Gasteiger partial charge in [0.2, 0.25) is 0 Å². The Balaban J connectivity index is 1.95. The van der Waals surface area contributed by atoms with Crippen molar-refractivity contribution in [1.82, 2.24) is 14.5 Å². The minimum Gasteiger partial charge on any atom is -0.468 e. The Morgan fingerprint density at radius 2 is 1.93 bits per heavy atom. The van der Waals surface area contributed by atoms with Crippen molar-refractivity contribution in [2.75, 3.05) is 7.11 Å². The maximum atomic E-state index is 12.0. The number of halogens is 1. The number of benzene rings is 2. The molecule has 0 amide bonds. The van der Waals surface area contributed by atoms with Crippen LogP contribution in [0.5, 0.6) is 0 Å². The van der Waals surface area contributed by atoms with Crippen molar-refractivity contribution in [3.05, 3.63) is 72.1 Å². The van der Waals surface area contributed by atoms with Crippen LogP contribution >= 0.6 is 23.4 Å².